The Morgan fingerprint density at radius 3 is 2.45 bits per heavy atom. The summed E-state index contributed by atoms with van der Waals surface area (Å²) in [5.74, 6) is -1.26. The fourth-order valence-corrected chi connectivity index (χ4v) is 2.52. The van der Waals surface area contributed by atoms with Crippen LogP contribution >= 0.6 is 0 Å². The molecule has 6 heteroatoms. The van der Waals surface area contributed by atoms with Gasteiger partial charge in [-0.05, 0) is 37.8 Å². The number of ether oxygens (including phenoxy) is 1. The second kappa shape index (κ2) is 6.36. The Bertz CT molecular complexity index is 506. The molecule has 0 aromatic heterocycles. The summed E-state index contributed by atoms with van der Waals surface area (Å²) in [7, 11) is 0. The quantitative estimate of drug-likeness (QED) is 0.518. The number of benzene rings is 1. The lowest BCUT2D eigenvalue weighted by atomic mass is 10.1. The van der Waals surface area contributed by atoms with Gasteiger partial charge in [0.15, 0.2) is 5.75 Å². The van der Waals surface area contributed by atoms with Gasteiger partial charge in [-0.15, -0.1) is 0 Å². The van der Waals surface area contributed by atoms with Crippen molar-refractivity contribution in [2.24, 2.45) is 0 Å². The number of nitrogens with zero attached hydrogens (tertiary/aromatic N) is 1. The van der Waals surface area contributed by atoms with Crippen LogP contribution < -0.4 is 4.74 Å². The van der Waals surface area contributed by atoms with Crippen molar-refractivity contribution in [3.63, 3.8) is 0 Å². The molecule has 0 radical (unpaired) electrons. The standard InChI is InChI=1S/C14H17NO5/c16-14(17)11-8-5-9-12(13(11)15(18)19)20-10-6-3-1-2-4-7-10/h5,8-10H,1-4,6-7H2,(H,16,17). The van der Waals surface area contributed by atoms with Crippen LogP contribution in [0.1, 0.15) is 48.9 Å². The van der Waals surface area contributed by atoms with Crippen LogP contribution in [0.3, 0.4) is 0 Å². The lowest BCUT2D eigenvalue weighted by Crippen LogP contribution is -2.16. The van der Waals surface area contributed by atoms with Crippen LogP contribution in [0.5, 0.6) is 5.75 Å². The van der Waals surface area contributed by atoms with Crippen LogP contribution in [0, 0.1) is 10.1 Å². The van der Waals surface area contributed by atoms with E-state index in [1.54, 1.807) is 0 Å². The molecule has 2 rings (SSSR count). The van der Waals surface area contributed by atoms with Crippen LogP contribution in [0.2, 0.25) is 0 Å². The average molecular weight is 279 g/mol. The molecule has 1 fully saturated rings. The number of para-hydroxylation sites is 1. The van der Waals surface area contributed by atoms with Crippen molar-refractivity contribution in [3.05, 3.63) is 33.9 Å². The predicted molar refractivity (Wildman–Crippen MR) is 72.2 cm³/mol. The average Bonchev–Trinajstić information content (AvgIpc) is 2.66. The summed E-state index contributed by atoms with van der Waals surface area (Å²) < 4.78 is 5.71. The Morgan fingerprint density at radius 1 is 1.25 bits per heavy atom. The Morgan fingerprint density at radius 2 is 1.90 bits per heavy atom. The van der Waals surface area contributed by atoms with Gasteiger partial charge in [0.2, 0.25) is 0 Å². The van der Waals surface area contributed by atoms with E-state index in [2.05, 4.69) is 0 Å². The molecule has 1 aliphatic rings. The van der Waals surface area contributed by atoms with Crippen LogP contribution in [0.4, 0.5) is 5.69 Å². The van der Waals surface area contributed by atoms with Crippen LogP contribution in [-0.4, -0.2) is 22.1 Å². The number of hydrogen-bond acceptors (Lipinski definition) is 4. The number of rotatable bonds is 4. The fraction of sp³-hybridized carbons (Fsp3) is 0.500. The lowest BCUT2D eigenvalue weighted by Gasteiger charge is -2.17. The molecule has 6 nitrogen and oxygen atoms in total. The van der Waals surface area contributed by atoms with Crippen molar-refractivity contribution in [2.45, 2.75) is 44.6 Å². The number of carboxylic acids is 1. The highest BCUT2D eigenvalue weighted by molar-refractivity contribution is 5.93. The maximum absolute atomic E-state index is 11.1. The third-order valence-corrected chi connectivity index (χ3v) is 3.51. The summed E-state index contributed by atoms with van der Waals surface area (Å²) in [6.45, 7) is 0. The van der Waals surface area contributed by atoms with E-state index in [9.17, 15) is 14.9 Å². The SMILES string of the molecule is O=C(O)c1cccc(OC2CCCCCC2)c1[N+](=O)[O-]. The van der Waals surface area contributed by atoms with Gasteiger partial charge >= 0.3 is 11.7 Å². The van der Waals surface area contributed by atoms with E-state index in [0.29, 0.717) is 0 Å². The Labute approximate surface area is 116 Å². The topological polar surface area (TPSA) is 89.7 Å². The van der Waals surface area contributed by atoms with Gasteiger partial charge in [0.05, 0.1) is 11.0 Å². The molecule has 0 amide bonds. The van der Waals surface area contributed by atoms with Gasteiger partial charge in [0.1, 0.15) is 5.56 Å². The van der Waals surface area contributed by atoms with Crippen LogP contribution in [-0.2, 0) is 0 Å². The minimum absolute atomic E-state index is 0.0572. The van der Waals surface area contributed by atoms with Gasteiger partial charge in [0, 0.05) is 0 Å². The van der Waals surface area contributed by atoms with Crippen molar-refractivity contribution in [1.29, 1.82) is 0 Å². The monoisotopic (exact) mass is 279 g/mol. The largest absolute Gasteiger partial charge is 0.483 e. The maximum atomic E-state index is 11.1. The predicted octanol–water partition coefficient (Wildman–Crippen LogP) is 3.39. The molecule has 0 aliphatic heterocycles. The van der Waals surface area contributed by atoms with Gasteiger partial charge in [0.25, 0.3) is 0 Å². The van der Waals surface area contributed by atoms with Gasteiger partial charge in [-0.3, -0.25) is 10.1 Å². The van der Waals surface area contributed by atoms with Crippen molar-refractivity contribution in [1.82, 2.24) is 0 Å². The van der Waals surface area contributed by atoms with E-state index in [0.717, 1.165) is 38.5 Å². The van der Waals surface area contributed by atoms with Crippen molar-refractivity contribution >= 4 is 11.7 Å². The molecule has 1 aromatic rings. The summed E-state index contributed by atoms with van der Waals surface area (Å²) in [5, 5.41) is 20.1. The summed E-state index contributed by atoms with van der Waals surface area (Å²) in [6.07, 6.45) is 6.02. The first-order valence-corrected chi connectivity index (χ1v) is 6.77. The highest BCUT2D eigenvalue weighted by atomic mass is 16.6. The lowest BCUT2D eigenvalue weighted by molar-refractivity contribution is -0.386. The fourth-order valence-electron chi connectivity index (χ4n) is 2.52. The van der Waals surface area contributed by atoms with Crippen molar-refractivity contribution in [2.75, 3.05) is 0 Å². The second-order valence-electron chi connectivity index (χ2n) is 4.95. The maximum Gasteiger partial charge on any atom is 0.342 e. The van der Waals surface area contributed by atoms with Crippen molar-refractivity contribution < 1.29 is 19.6 Å². The zero-order valence-electron chi connectivity index (χ0n) is 11.1. The molecular formula is C14H17NO5. The Hall–Kier alpha value is -2.11. The first kappa shape index (κ1) is 14.3. The number of carbonyl (C=O) groups is 1. The second-order valence-corrected chi connectivity index (χ2v) is 4.95. The molecule has 20 heavy (non-hydrogen) atoms. The molecule has 1 aromatic carbocycles. The molecule has 0 unspecified atom stereocenters. The molecule has 1 saturated carbocycles. The normalized spacial score (nSPS) is 16.4. The van der Waals surface area contributed by atoms with E-state index in [1.807, 2.05) is 0 Å². The van der Waals surface area contributed by atoms with Crippen molar-refractivity contribution in [3.8, 4) is 5.75 Å². The third kappa shape index (κ3) is 3.26. The molecule has 0 spiro atoms. The van der Waals surface area contributed by atoms with E-state index in [-0.39, 0.29) is 17.4 Å². The Balaban J connectivity index is 2.28. The molecule has 1 N–H and O–H groups in total. The highest BCUT2D eigenvalue weighted by Gasteiger charge is 2.27. The summed E-state index contributed by atoms with van der Waals surface area (Å²) in [5.41, 5.74) is -0.787. The molecule has 0 saturated heterocycles. The molecule has 0 heterocycles. The number of carboxylic acid groups (broad SMARTS) is 1. The number of nitro benzene ring substituents is 1. The number of hydrogen-bond donors (Lipinski definition) is 1. The third-order valence-electron chi connectivity index (χ3n) is 3.51. The zero-order valence-corrected chi connectivity index (χ0v) is 11.1. The molecular weight excluding hydrogens is 262 g/mol. The summed E-state index contributed by atoms with van der Waals surface area (Å²) in [6, 6.07) is 4.17. The minimum Gasteiger partial charge on any atom is -0.483 e. The van der Waals surface area contributed by atoms with Crippen LogP contribution in [0.15, 0.2) is 18.2 Å². The smallest absolute Gasteiger partial charge is 0.342 e. The first-order valence-electron chi connectivity index (χ1n) is 6.77. The van der Waals surface area contributed by atoms with E-state index < -0.39 is 16.6 Å². The van der Waals surface area contributed by atoms with Gasteiger partial charge in [-0.2, -0.15) is 0 Å². The Kier molecular flexibility index (Phi) is 4.55. The zero-order chi connectivity index (χ0) is 14.5. The van der Waals surface area contributed by atoms with E-state index in [4.69, 9.17) is 9.84 Å². The van der Waals surface area contributed by atoms with Gasteiger partial charge in [-0.25, -0.2) is 4.79 Å². The minimum atomic E-state index is -1.32. The highest BCUT2D eigenvalue weighted by Crippen LogP contribution is 2.33. The first-order chi connectivity index (χ1) is 9.59. The molecule has 108 valence electrons. The van der Waals surface area contributed by atoms with Gasteiger partial charge < -0.3 is 9.84 Å². The summed E-state index contributed by atoms with van der Waals surface area (Å²) in [4.78, 5) is 21.5. The molecule has 1 aliphatic carbocycles. The molecule has 0 atom stereocenters. The summed E-state index contributed by atoms with van der Waals surface area (Å²) >= 11 is 0. The number of nitro groups is 1. The van der Waals surface area contributed by atoms with E-state index in [1.165, 1.54) is 18.2 Å². The molecule has 0 bridgehead atoms. The number of aromatic carboxylic acids is 1. The van der Waals surface area contributed by atoms with E-state index >= 15 is 0 Å². The van der Waals surface area contributed by atoms with Gasteiger partial charge in [-0.1, -0.05) is 18.9 Å². The van der Waals surface area contributed by atoms with Crippen LogP contribution in [0.25, 0.3) is 0 Å².